The van der Waals surface area contributed by atoms with E-state index >= 15 is 0 Å². The summed E-state index contributed by atoms with van der Waals surface area (Å²) in [6, 6.07) is 12.9. The summed E-state index contributed by atoms with van der Waals surface area (Å²) in [7, 11) is 1.56. The molecule has 0 saturated heterocycles. The fraction of sp³-hybridized carbons (Fsp3) is 0.300. The molecule has 0 bridgehead atoms. The standard InChI is InChI=1S/C20H23ClN2O3/c1-14-8-9-19(26-3)18(12-14)22-20(25)10-11-23(15(2)24)13-16-6-4-5-7-17(16)21/h4-9,12H,10-11,13H2,1-3H3,(H,22,25). The van der Waals surface area contributed by atoms with Crippen LogP contribution in [0.2, 0.25) is 5.02 Å². The van der Waals surface area contributed by atoms with Gasteiger partial charge in [0.05, 0.1) is 12.8 Å². The maximum absolute atomic E-state index is 12.3. The average Bonchev–Trinajstić information content (AvgIpc) is 2.60. The van der Waals surface area contributed by atoms with Crippen molar-refractivity contribution in [3.05, 3.63) is 58.6 Å². The van der Waals surface area contributed by atoms with Crippen molar-refractivity contribution in [2.75, 3.05) is 19.0 Å². The van der Waals surface area contributed by atoms with Gasteiger partial charge >= 0.3 is 0 Å². The Bertz CT molecular complexity index is 792. The van der Waals surface area contributed by atoms with E-state index in [4.69, 9.17) is 16.3 Å². The van der Waals surface area contributed by atoms with Crippen LogP contribution in [0, 0.1) is 6.92 Å². The molecule has 0 radical (unpaired) electrons. The number of nitrogens with zero attached hydrogens (tertiary/aromatic N) is 1. The van der Waals surface area contributed by atoms with E-state index in [1.54, 1.807) is 18.1 Å². The number of aryl methyl sites for hydroxylation is 1. The van der Waals surface area contributed by atoms with Crippen molar-refractivity contribution in [3.8, 4) is 5.75 Å². The lowest BCUT2D eigenvalue weighted by Gasteiger charge is -2.21. The molecule has 0 fully saturated rings. The molecule has 0 aliphatic heterocycles. The van der Waals surface area contributed by atoms with Crippen molar-refractivity contribution < 1.29 is 14.3 Å². The van der Waals surface area contributed by atoms with Crippen molar-refractivity contribution in [3.63, 3.8) is 0 Å². The zero-order chi connectivity index (χ0) is 19.1. The molecule has 2 aromatic rings. The van der Waals surface area contributed by atoms with E-state index in [9.17, 15) is 9.59 Å². The number of carbonyl (C=O) groups excluding carboxylic acids is 2. The zero-order valence-electron chi connectivity index (χ0n) is 15.2. The Morgan fingerprint density at radius 1 is 1.19 bits per heavy atom. The van der Waals surface area contributed by atoms with Gasteiger partial charge in [-0.05, 0) is 36.2 Å². The van der Waals surface area contributed by atoms with Gasteiger partial charge in [0.25, 0.3) is 0 Å². The molecule has 0 spiro atoms. The minimum Gasteiger partial charge on any atom is -0.495 e. The summed E-state index contributed by atoms with van der Waals surface area (Å²) in [6.07, 6.45) is 0.182. The molecule has 2 aromatic carbocycles. The van der Waals surface area contributed by atoms with E-state index in [-0.39, 0.29) is 18.2 Å². The number of rotatable bonds is 7. The highest BCUT2D eigenvalue weighted by Crippen LogP contribution is 2.25. The first-order valence-corrected chi connectivity index (χ1v) is 8.72. The predicted molar refractivity (Wildman–Crippen MR) is 104 cm³/mol. The number of ether oxygens (including phenoxy) is 1. The van der Waals surface area contributed by atoms with Gasteiger partial charge in [0.2, 0.25) is 11.8 Å². The third-order valence-electron chi connectivity index (χ3n) is 4.00. The van der Waals surface area contributed by atoms with Gasteiger partial charge in [-0.15, -0.1) is 0 Å². The zero-order valence-corrected chi connectivity index (χ0v) is 16.0. The highest BCUT2D eigenvalue weighted by Gasteiger charge is 2.14. The lowest BCUT2D eigenvalue weighted by atomic mass is 10.2. The molecular formula is C20H23ClN2O3. The van der Waals surface area contributed by atoms with Crippen LogP contribution in [0.3, 0.4) is 0 Å². The molecule has 6 heteroatoms. The predicted octanol–water partition coefficient (Wildman–Crippen LogP) is 4.03. The van der Waals surface area contributed by atoms with Gasteiger partial charge in [0, 0.05) is 31.5 Å². The summed E-state index contributed by atoms with van der Waals surface area (Å²) in [4.78, 5) is 25.8. The second-order valence-corrected chi connectivity index (χ2v) is 6.44. The maximum atomic E-state index is 12.3. The second kappa shape index (κ2) is 9.25. The van der Waals surface area contributed by atoms with Crippen LogP contribution < -0.4 is 10.1 Å². The third-order valence-corrected chi connectivity index (χ3v) is 4.37. The first-order chi connectivity index (χ1) is 12.4. The van der Waals surface area contributed by atoms with Crippen LogP contribution in [-0.2, 0) is 16.1 Å². The van der Waals surface area contributed by atoms with Crippen molar-refractivity contribution in [2.45, 2.75) is 26.8 Å². The van der Waals surface area contributed by atoms with E-state index < -0.39 is 0 Å². The molecule has 0 aliphatic rings. The van der Waals surface area contributed by atoms with E-state index in [1.165, 1.54) is 6.92 Å². The highest BCUT2D eigenvalue weighted by atomic mass is 35.5. The van der Waals surface area contributed by atoms with E-state index in [2.05, 4.69) is 5.32 Å². The van der Waals surface area contributed by atoms with Crippen molar-refractivity contribution >= 4 is 29.1 Å². The summed E-state index contributed by atoms with van der Waals surface area (Å²) in [5, 5.41) is 3.45. The first kappa shape index (κ1) is 19.8. The van der Waals surface area contributed by atoms with Crippen LogP contribution in [0.25, 0.3) is 0 Å². The number of carbonyl (C=O) groups is 2. The van der Waals surface area contributed by atoms with E-state index in [0.717, 1.165) is 11.1 Å². The van der Waals surface area contributed by atoms with Gasteiger partial charge < -0.3 is 15.0 Å². The number of halogens is 1. The number of methoxy groups -OCH3 is 1. The fourth-order valence-corrected chi connectivity index (χ4v) is 2.74. The summed E-state index contributed by atoms with van der Waals surface area (Å²) < 4.78 is 5.26. The minimum atomic E-state index is -0.181. The Hall–Kier alpha value is -2.53. The van der Waals surface area contributed by atoms with Gasteiger partial charge in [0.15, 0.2) is 0 Å². The smallest absolute Gasteiger partial charge is 0.226 e. The number of hydrogen-bond acceptors (Lipinski definition) is 3. The fourth-order valence-electron chi connectivity index (χ4n) is 2.55. The molecule has 2 rings (SSSR count). The molecule has 0 aromatic heterocycles. The van der Waals surface area contributed by atoms with Crippen LogP contribution in [0.5, 0.6) is 5.75 Å². The number of hydrogen-bond donors (Lipinski definition) is 1. The van der Waals surface area contributed by atoms with E-state index in [1.807, 2.05) is 43.3 Å². The Balaban J connectivity index is 1.98. The minimum absolute atomic E-state index is 0.106. The van der Waals surface area contributed by atoms with Crippen LogP contribution in [-0.4, -0.2) is 30.4 Å². The van der Waals surface area contributed by atoms with Gasteiger partial charge in [0.1, 0.15) is 5.75 Å². The average molecular weight is 375 g/mol. The molecule has 0 saturated carbocycles. The Morgan fingerprint density at radius 2 is 1.92 bits per heavy atom. The molecule has 0 atom stereocenters. The van der Waals surface area contributed by atoms with Crippen molar-refractivity contribution in [1.29, 1.82) is 0 Å². The number of amides is 2. The molecule has 1 N–H and O–H groups in total. The Kier molecular flexibility index (Phi) is 7.04. The quantitative estimate of drug-likeness (QED) is 0.795. The maximum Gasteiger partial charge on any atom is 0.226 e. The summed E-state index contributed by atoms with van der Waals surface area (Å²) in [6.45, 7) is 4.10. The molecule has 0 heterocycles. The molecule has 138 valence electrons. The molecule has 2 amide bonds. The van der Waals surface area contributed by atoms with Crippen molar-refractivity contribution in [2.24, 2.45) is 0 Å². The second-order valence-electron chi connectivity index (χ2n) is 6.03. The monoisotopic (exact) mass is 374 g/mol. The third kappa shape index (κ3) is 5.49. The Morgan fingerprint density at radius 3 is 2.58 bits per heavy atom. The lowest BCUT2D eigenvalue weighted by Crippen LogP contribution is -2.31. The van der Waals surface area contributed by atoms with Gasteiger partial charge in [-0.2, -0.15) is 0 Å². The Labute approximate surface area is 158 Å². The summed E-state index contributed by atoms with van der Waals surface area (Å²) >= 11 is 6.16. The summed E-state index contributed by atoms with van der Waals surface area (Å²) in [5.41, 5.74) is 2.49. The van der Waals surface area contributed by atoms with Crippen LogP contribution in [0.4, 0.5) is 5.69 Å². The van der Waals surface area contributed by atoms with E-state index in [0.29, 0.717) is 29.5 Å². The molecular weight excluding hydrogens is 352 g/mol. The number of nitrogens with one attached hydrogen (secondary N) is 1. The molecule has 0 aliphatic carbocycles. The lowest BCUT2D eigenvalue weighted by molar-refractivity contribution is -0.129. The van der Waals surface area contributed by atoms with Gasteiger partial charge in [-0.1, -0.05) is 35.9 Å². The molecule has 0 unspecified atom stereocenters. The van der Waals surface area contributed by atoms with Crippen molar-refractivity contribution in [1.82, 2.24) is 4.90 Å². The molecule has 5 nitrogen and oxygen atoms in total. The largest absolute Gasteiger partial charge is 0.495 e. The van der Waals surface area contributed by atoms with Crippen LogP contribution >= 0.6 is 11.6 Å². The topological polar surface area (TPSA) is 58.6 Å². The number of benzene rings is 2. The normalized spacial score (nSPS) is 10.3. The van der Waals surface area contributed by atoms with Crippen LogP contribution in [0.1, 0.15) is 24.5 Å². The summed E-state index contributed by atoms with van der Waals surface area (Å²) in [5.74, 6) is 0.314. The number of anilines is 1. The van der Waals surface area contributed by atoms with Crippen LogP contribution in [0.15, 0.2) is 42.5 Å². The SMILES string of the molecule is COc1ccc(C)cc1NC(=O)CCN(Cc1ccccc1Cl)C(C)=O. The van der Waals surface area contributed by atoms with Gasteiger partial charge in [-0.25, -0.2) is 0 Å². The molecule has 26 heavy (non-hydrogen) atoms. The van der Waals surface area contributed by atoms with Gasteiger partial charge in [-0.3, -0.25) is 9.59 Å². The highest BCUT2D eigenvalue weighted by molar-refractivity contribution is 6.31. The first-order valence-electron chi connectivity index (χ1n) is 8.34.